The van der Waals surface area contributed by atoms with Gasteiger partial charge in [-0.1, -0.05) is 0 Å². The summed E-state index contributed by atoms with van der Waals surface area (Å²) in [5, 5.41) is 3.30. The Morgan fingerprint density at radius 2 is 2.50 bits per heavy atom. The zero-order valence-corrected chi connectivity index (χ0v) is 9.80. The maximum atomic E-state index is 11.2. The van der Waals surface area contributed by atoms with Gasteiger partial charge in [-0.2, -0.15) is 11.8 Å². The molecule has 1 saturated heterocycles. The van der Waals surface area contributed by atoms with Gasteiger partial charge in [0.2, 0.25) is 0 Å². The van der Waals surface area contributed by atoms with E-state index in [2.05, 4.69) is 10.3 Å². The van der Waals surface area contributed by atoms with Crippen LogP contribution in [-0.2, 0) is 0 Å². The molecule has 0 aliphatic carbocycles. The van der Waals surface area contributed by atoms with Crippen molar-refractivity contribution in [3.8, 4) is 0 Å². The number of hydrogen-bond donors (Lipinski definition) is 2. The normalized spacial score (nSPS) is 20.4. The third-order valence-electron chi connectivity index (χ3n) is 2.57. The van der Waals surface area contributed by atoms with Gasteiger partial charge in [-0.3, -0.25) is 4.79 Å². The molecule has 3 N–H and O–H groups in total. The average Bonchev–Trinajstić information content (AvgIpc) is 2.31. The summed E-state index contributed by atoms with van der Waals surface area (Å²) in [4.78, 5) is 15.4. The summed E-state index contributed by atoms with van der Waals surface area (Å²) in [5.41, 5.74) is 5.77. The summed E-state index contributed by atoms with van der Waals surface area (Å²) in [6, 6.07) is 3.82. The Kier molecular flexibility index (Phi) is 3.66. The maximum Gasteiger partial charge on any atom is 0.252 e. The van der Waals surface area contributed by atoms with Gasteiger partial charge in [-0.05, 0) is 30.7 Å². The molecule has 1 aromatic heterocycles. The Morgan fingerprint density at radius 1 is 1.62 bits per heavy atom. The molecule has 1 aliphatic rings. The lowest BCUT2D eigenvalue weighted by Crippen LogP contribution is -2.28. The average molecular weight is 237 g/mol. The number of nitrogens with zero attached hydrogens (tertiary/aromatic N) is 1. The van der Waals surface area contributed by atoms with E-state index in [0.717, 1.165) is 12.2 Å². The summed E-state index contributed by atoms with van der Waals surface area (Å²) >= 11 is 1.93. The molecule has 0 bridgehead atoms. The van der Waals surface area contributed by atoms with E-state index in [0.29, 0.717) is 17.4 Å². The van der Waals surface area contributed by atoms with E-state index >= 15 is 0 Å². The second-order valence-corrected chi connectivity index (χ2v) is 4.97. The molecule has 2 rings (SSSR count). The molecule has 1 amide bonds. The fourth-order valence-electron chi connectivity index (χ4n) is 1.77. The topological polar surface area (TPSA) is 68.0 Å². The fraction of sp³-hybridized carbons (Fsp3) is 0.455. The first-order chi connectivity index (χ1) is 7.77. The number of pyridine rings is 1. The minimum Gasteiger partial charge on any atom is -0.366 e. The summed E-state index contributed by atoms with van der Waals surface area (Å²) in [6.45, 7) is 0. The number of aromatic nitrogens is 1. The van der Waals surface area contributed by atoms with Crippen molar-refractivity contribution in [3.63, 3.8) is 0 Å². The van der Waals surface area contributed by atoms with E-state index in [1.54, 1.807) is 18.3 Å². The van der Waals surface area contributed by atoms with Gasteiger partial charge in [0.05, 0.1) is 5.56 Å². The number of thioether (sulfide) groups is 1. The van der Waals surface area contributed by atoms with Gasteiger partial charge in [-0.15, -0.1) is 0 Å². The van der Waals surface area contributed by atoms with Crippen LogP contribution in [0.5, 0.6) is 0 Å². The molecule has 86 valence electrons. The Balaban J connectivity index is 2.10. The van der Waals surface area contributed by atoms with Crippen molar-refractivity contribution in [2.45, 2.75) is 18.9 Å². The van der Waals surface area contributed by atoms with E-state index in [9.17, 15) is 4.79 Å². The molecule has 0 aromatic carbocycles. The zero-order chi connectivity index (χ0) is 11.4. The predicted molar refractivity (Wildman–Crippen MR) is 66.7 cm³/mol. The maximum absolute atomic E-state index is 11.2. The van der Waals surface area contributed by atoms with Crippen LogP contribution < -0.4 is 11.1 Å². The molecule has 1 aromatic rings. The molecule has 1 unspecified atom stereocenters. The van der Waals surface area contributed by atoms with Gasteiger partial charge in [-0.25, -0.2) is 4.98 Å². The molecule has 1 atom stereocenters. The van der Waals surface area contributed by atoms with Crippen LogP contribution in [0, 0.1) is 0 Å². The molecule has 0 radical (unpaired) electrons. The zero-order valence-electron chi connectivity index (χ0n) is 8.98. The summed E-state index contributed by atoms with van der Waals surface area (Å²) < 4.78 is 0. The molecule has 2 heterocycles. The van der Waals surface area contributed by atoms with Crippen molar-refractivity contribution in [3.05, 3.63) is 23.9 Å². The van der Waals surface area contributed by atoms with Gasteiger partial charge < -0.3 is 11.1 Å². The van der Waals surface area contributed by atoms with Crippen LogP contribution in [0.4, 0.5) is 5.82 Å². The molecule has 5 heteroatoms. The van der Waals surface area contributed by atoms with Gasteiger partial charge in [0.15, 0.2) is 0 Å². The van der Waals surface area contributed by atoms with Gasteiger partial charge in [0, 0.05) is 18.0 Å². The van der Waals surface area contributed by atoms with Gasteiger partial charge in [0.25, 0.3) is 5.91 Å². The lowest BCUT2D eigenvalue weighted by molar-refractivity contribution is 0.100. The molecule has 0 saturated carbocycles. The molecular weight excluding hydrogens is 222 g/mol. The number of carbonyl (C=O) groups is 1. The van der Waals surface area contributed by atoms with E-state index < -0.39 is 5.91 Å². The molecule has 0 spiro atoms. The number of carbonyl (C=O) groups excluding carboxylic acids is 1. The first-order valence-electron chi connectivity index (χ1n) is 5.36. The Morgan fingerprint density at radius 3 is 3.19 bits per heavy atom. The highest BCUT2D eigenvalue weighted by Crippen LogP contribution is 2.21. The van der Waals surface area contributed by atoms with E-state index in [1.165, 1.54) is 12.2 Å². The number of amides is 1. The number of nitrogens with one attached hydrogen (secondary N) is 1. The van der Waals surface area contributed by atoms with Crippen molar-refractivity contribution < 1.29 is 4.79 Å². The monoisotopic (exact) mass is 237 g/mol. The van der Waals surface area contributed by atoms with E-state index in [-0.39, 0.29) is 0 Å². The highest BCUT2D eigenvalue weighted by molar-refractivity contribution is 7.99. The number of anilines is 1. The minimum absolute atomic E-state index is 0.395. The fourth-order valence-corrected chi connectivity index (χ4v) is 2.84. The largest absolute Gasteiger partial charge is 0.366 e. The standard InChI is InChI=1S/C11H15N3OS/c12-10(15)9-4-1-5-13-11(9)14-8-3-2-6-16-7-8/h1,4-5,8H,2-3,6-7H2,(H2,12,15)(H,13,14). The van der Waals surface area contributed by atoms with Gasteiger partial charge in [0.1, 0.15) is 5.82 Å². The van der Waals surface area contributed by atoms with Crippen LogP contribution >= 0.6 is 11.8 Å². The Labute approximate surface area is 99.0 Å². The predicted octanol–water partition coefficient (Wildman–Crippen LogP) is 1.49. The molecule has 1 fully saturated rings. The van der Waals surface area contributed by atoms with E-state index in [4.69, 9.17) is 5.73 Å². The summed E-state index contributed by atoms with van der Waals surface area (Å²) in [6.07, 6.45) is 4.01. The molecule has 4 nitrogen and oxygen atoms in total. The van der Waals surface area contributed by atoms with Crippen LogP contribution in [0.3, 0.4) is 0 Å². The second-order valence-electron chi connectivity index (χ2n) is 3.82. The van der Waals surface area contributed by atoms with Crippen LogP contribution in [0.25, 0.3) is 0 Å². The smallest absolute Gasteiger partial charge is 0.252 e. The minimum atomic E-state index is -0.431. The lowest BCUT2D eigenvalue weighted by Gasteiger charge is -2.23. The molecular formula is C11H15N3OS. The molecule has 1 aliphatic heterocycles. The van der Waals surface area contributed by atoms with E-state index in [1.807, 2.05) is 11.8 Å². The number of rotatable bonds is 3. The van der Waals surface area contributed by atoms with Crippen LogP contribution in [-0.4, -0.2) is 28.4 Å². The highest BCUT2D eigenvalue weighted by Gasteiger charge is 2.16. The molecule has 16 heavy (non-hydrogen) atoms. The van der Waals surface area contributed by atoms with Crippen molar-refractivity contribution in [1.29, 1.82) is 0 Å². The highest BCUT2D eigenvalue weighted by atomic mass is 32.2. The Hall–Kier alpha value is -1.23. The summed E-state index contributed by atoms with van der Waals surface area (Å²) in [7, 11) is 0. The number of nitrogens with two attached hydrogens (primary N) is 1. The van der Waals surface area contributed by atoms with Crippen molar-refractivity contribution >= 4 is 23.5 Å². The van der Waals surface area contributed by atoms with Crippen molar-refractivity contribution in [2.75, 3.05) is 16.8 Å². The van der Waals surface area contributed by atoms with Gasteiger partial charge >= 0.3 is 0 Å². The first-order valence-corrected chi connectivity index (χ1v) is 6.52. The quantitative estimate of drug-likeness (QED) is 0.835. The van der Waals surface area contributed by atoms with Crippen LogP contribution in [0.1, 0.15) is 23.2 Å². The second kappa shape index (κ2) is 5.21. The third-order valence-corrected chi connectivity index (χ3v) is 3.79. The number of hydrogen-bond acceptors (Lipinski definition) is 4. The SMILES string of the molecule is NC(=O)c1cccnc1NC1CCCSC1. The van der Waals surface area contributed by atoms with Crippen LogP contribution in [0.15, 0.2) is 18.3 Å². The Bertz CT molecular complexity index is 377. The summed E-state index contributed by atoms with van der Waals surface area (Å²) in [5.74, 6) is 2.47. The van der Waals surface area contributed by atoms with Crippen molar-refractivity contribution in [2.24, 2.45) is 5.73 Å². The third kappa shape index (κ3) is 2.66. The van der Waals surface area contributed by atoms with Crippen LogP contribution in [0.2, 0.25) is 0 Å². The lowest BCUT2D eigenvalue weighted by atomic mass is 10.1. The number of primary amides is 1. The van der Waals surface area contributed by atoms with Crippen molar-refractivity contribution in [1.82, 2.24) is 4.98 Å². The first kappa shape index (κ1) is 11.3.